The second kappa shape index (κ2) is 8.16. The van der Waals surface area contributed by atoms with Gasteiger partial charge in [0, 0.05) is 22.6 Å². The standard InChI is InChI=1S/C24H21N5O2/c25-23(26)16-6-4-15(5-7-16)14-29-21-10-9-20(12-17(21)8-11-22(29)30)31-19-3-1-2-18(13-19)24(27)28/h1-13H,14H2,(H3,25,26)(H3,27,28). The average molecular weight is 411 g/mol. The number of ether oxygens (including phenoxy) is 1. The van der Waals surface area contributed by atoms with E-state index in [0.717, 1.165) is 16.5 Å². The summed E-state index contributed by atoms with van der Waals surface area (Å²) in [6, 6.07) is 23.1. The molecule has 0 bridgehead atoms. The number of aromatic nitrogens is 1. The van der Waals surface area contributed by atoms with Crippen molar-refractivity contribution in [3.63, 3.8) is 0 Å². The molecule has 0 saturated heterocycles. The van der Waals surface area contributed by atoms with Gasteiger partial charge in [0.25, 0.3) is 5.56 Å². The first-order chi connectivity index (χ1) is 14.9. The molecule has 0 aliphatic heterocycles. The monoisotopic (exact) mass is 411 g/mol. The van der Waals surface area contributed by atoms with Crippen LogP contribution in [0, 0.1) is 10.8 Å². The summed E-state index contributed by atoms with van der Waals surface area (Å²) < 4.78 is 7.62. The predicted molar refractivity (Wildman–Crippen MR) is 122 cm³/mol. The summed E-state index contributed by atoms with van der Waals surface area (Å²) >= 11 is 0. The van der Waals surface area contributed by atoms with Gasteiger partial charge in [-0.1, -0.05) is 36.4 Å². The van der Waals surface area contributed by atoms with Crippen molar-refractivity contribution < 1.29 is 4.74 Å². The van der Waals surface area contributed by atoms with Gasteiger partial charge in [-0.2, -0.15) is 0 Å². The van der Waals surface area contributed by atoms with Crippen molar-refractivity contribution in [1.29, 1.82) is 10.8 Å². The molecule has 7 nitrogen and oxygen atoms in total. The third kappa shape index (κ3) is 4.30. The SMILES string of the molecule is N=C(N)c1ccc(Cn2c(=O)ccc3cc(Oc4cccc(C(=N)N)c4)ccc32)cc1. The first kappa shape index (κ1) is 19.9. The van der Waals surface area contributed by atoms with E-state index < -0.39 is 0 Å². The van der Waals surface area contributed by atoms with Gasteiger partial charge < -0.3 is 20.8 Å². The maximum atomic E-state index is 12.5. The van der Waals surface area contributed by atoms with E-state index in [9.17, 15) is 4.79 Å². The number of fused-ring (bicyclic) bond motifs is 1. The summed E-state index contributed by atoms with van der Waals surface area (Å²) in [5.74, 6) is 1.18. The Bertz CT molecular complexity index is 1360. The van der Waals surface area contributed by atoms with Crippen molar-refractivity contribution in [3.05, 3.63) is 106 Å². The van der Waals surface area contributed by atoms with Gasteiger partial charge in [0.1, 0.15) is 23.2 Å². The highest BCUT2D eigenvalue weighted by Crippen LogP contribution is 2.26. The van der Waals surface area contributed by atoms with Crippen molar-refractivity contribution in [1.82, 2.24) is 4.57 Å². The number of hydrogen-bond acceptors (Lipinski definition) is 4. The largest absolute Gasteiger partial charge is 0.457 e. The number of amidine groups is 2. The van der Waals surface area contributed by atoms with Gasteiger partial charge in [0.2, 0.25) is 0 Å². The highest BCUT2D eigenvalue weighted by molar-refractivity contribution is 5.95. The lowest BCUT2D eigenvalue weighted by atomic mass is 10.1. The Balaban J connectivity index is 1.65. The molecule has 0 fully saturated rings. The number of nitrogens with two attached hydrogens (primary N) is 2. The molecule has 4 aromatic rings. The second-order valence-electron chi connectivity index (χ2n) is 7.13. The number of benzene rings is 3. The molecule has 0 atom stereocenters. The molecule has 0 aliphatic carbocycles. The first-order valence-electron chi connectivity index (χ1n) is 9.60. The molecule has 0 spiro atoms. The minimum Gasteiger partial charge on any atom is -0.457 e. The molecule has 1 heterocycles. The van der Waals surface area contributed by atoms with E-state index in [0.29, 0.717) is 29.2 Å². The summed E-state index contributed by atoms with van der Waals surface area (Å²) in [5.41, 5.74) is 13.9. The van der Waals surface area contributed by atoms with E-state index >= 15 is 0 Å². The van der Waals surface area contributed by atoms with E-state index in [-0.39, 0.29) is 17.2 Å². The maximum absolute atomic E-state index is 12.5. The van der Waals surface area contributed by atoms with Crippen molar-refractivity contribution >= 4 is 22.6 Å². The molecule has 3 aromatic carbocycles. The van der Waals surface area contributed by atoms with Gasteiger partial charge in [0.05, 0.1) is 12.1 Å². The summed E-state index contributed by atoms with van der Waals surface area (Å²) in [5, 5.41) is 15.9. The van der Waals surface area contributed by atoms with Gasteiger partial charge in [-0.05, 0) is 42.0 Å². The number of rotatable bonds is 6. The first-order valence-corrected chi connectivity index (χ1v) is 9.60. The number of hydrogen-bond donors (Lipinski definition) is 4. The number of nitrogen functional groups attached to an aromatic ring is 2. The number of nitrogens with zero attached hydrogens (tertiary/aromatic N) is 1. The fraction of sp³-hybridized carbons (Fsp3) is 0.0417. The quantitative estimate of drug-likeness (QED) is 0.286. The fourth-order valence-corrected chi connectivity index (χ4v) is 3.34. The smallest absolute Gasteiger partial charge is 0.251 e. The predicted octanol–water partition coefficient (Wildman–Crippen LogP) is 3.41. The second-order valence-corrected chi connectivity index (χ2v) is 7.13. The Hall–Kier alpha value is -4.39. The summed E-state index contributed by atoms with van der Waals surface area (Å²) in [6.07, 6.45) is 0. The summed E-state index contributed by atoms with van der Waals surface area (Å²) in [7, 11) is 0. The van der Waals surface area contributed by atoms with Crippen LogP contribution in [-0.2, 0) is 6.54 Å². The molecule has 31 heavy (non-hydrogen) atoms. The zero-order valence-electron chi connectivity index (χ0n) is 16.6. The maximum Gasteiger partial charge on any atom is 0.251 e. The van der Waals surface area contributed by atoms with E-state index in [4.69, 9.17) is 27.0 Å². The molecule has 0 unspecified atom stereocenters. The Morgan fingerprint density at radius 2 is 1.52 bits per heavy atom. The fourth-order valence-electron chi connectivity index (χ4n) is 3.34. The third-order valence-electron chi connectivity index (χ3n) is 4.95. The number of pyridine rings is 1. The highest BCUT2D eigenvalue weighted by atomic mass is 16.5. The van der Waals surface area contributed by atoms with Gasteiger partial charge in [0.15, 0.2) is 0 Å². The Labute approximate surface area is 178 Å². The molecule has 7 heteroatoms. The van der Waals surface area contributed by atoms with Crippen LogP contribution in [0.4, 0.5) is 0 Å². The molecule has 154 valence electrons. The van der Waals surface area contributed by atoms with Crippen LogP contribution >= 0.6 is 0 Å². The summed E-state index contributed by atoms with van der Waals surface area (Å²) in [6.45, 7) is 0.398. The van der Waals surface area contributed by atoms with Crippen molar-refractivity contribution in [2.75, 3.05) is 0 Å². The lowest BCUT2D eigenvalue weighted by Crippen LogP contribution is -2.20. The van der Waals surface area contributed by atoms with Crippen LogP contribution in [0.1, 0.15) is 16.7 Å². The van der Waals surface area contributed by atoms with Crippen molar-refractivity contribution in [3.8, 4) is 11.5 Å². The van der Waals surface area contributed by atoms with Crippen LogP contribution in [0.2, 0.25) is 0 Å². The van der Waals surface area contributed by atoms with Crippen molar-refractivity contribution in [2.45, 2.75) is 6.54 Å². The molecule has 0 aliphatic rings. The lowest BCUT2D eigenvalue weighted by Gasteiger charge is -2.13. The molecule has 1 aromatic heterocycles. The van der Waals surface area contributed by atoms with Crippen LogP contribution in [0.15, 0.2) is 83.7 Å². The molecule has 0 saturated carbocycles. The minimum absolute atomic E-state index is 0.00949. The van der Waals surface area contributed by atoms with Gasteiger partial charge in [-0.15, -0.1) is 0 Å². The molecule has 6 N–H and O–H groups in total. The van der Waals surface area contributed by atoms with Crippen LogP contribution < -0.4 is 21.8 Å². The third-order valence-corrected chi connectivity index (χ3v) is 4.95. The normalized spacial score (nSPS) is 10.7. The average Bonchev–Trinajstić information content (AvgIpc) is 2.76. The van der Waals surface area contributed by atoms with Crippen molar-refractivity contribution in [2.24, 2.45) is 11.5 Å². The van der Waals surface area contributed by atoms with E-state index in [1.807, 2.05) is 24.3 Å². The molecule has 0 amide bonds. The highest BCUT2D eigenvalue weighted by Gasteiger charge is 2.08. The van der Waals surface area contributed by atoms with Crippen LogP contribution in [0.5, 0.6) is 11.5 Å². The van der Waals surface area contributed by atoms with E-state index in [1.54, 1.807) is 53.1 Å². The topological polar surface area (TPSA) is 131 Å². The minimum atomic E-state index is -0.106. The van der Waals surface area contributed by atoms with Gasteiger partial charge in [-0.3, -0.25) is 15.6 Å². The lowest BCUT2D eigenvalue weighted by molar-refractivity contribution is 0.483. The Morgan fingerprint density at radius 3 is 2.23 bits per heavy atom. The van der Waals surface area contributed by atoms with Gasteiger partial charge >= 0.3 is 0 Å². The van der Waals surface area contributed by atoms with E-state index in [2.05, 4.69) is 0 Å². The molecule has 4 rings (SSSR count). The van der Waals surface area contributed by atoms with E-state index in [1.165, 1.54) is 6.07 Å². The summed E-state index contributed by atoms with van der Waals surface area (Å²) in [4.78, 5) is 12.5. The molecular formula is C24H21N5O2. The molecule has 0 radical (unpaired) electrons. The Kier molecular flexibility index (Phi) is 5.24. The van der Waals surface area contributed by atoms with Crippen LogP contribution in [0.25, 0.3) is 10.9 Å². The molecular weight excluding hydrogens is 390 g/mol. The zero-order chi connectivity index (χ0) is 22.0. The number of nitrogens with one attached hydrogen (secondary N) is 2. The van der Waals surface area contributed by atoms with Crippen LogP contribution in [0.3, 0.4) is 0 Å². The van der Waals surface area contributed by atoms with Crippen LogP contribution in [-0.4, -0.2) is 16.2 Å². The Morgan fingerprint density at radius 1 is 0.806 bits per heavy atom. The zero-order valence-corrected chi connectivity index (χ0v) is 16.6. The van der Waals surface area contributed by atoms with Gasteiger partial charge in [-0.25, -0.2) is 0 Å².